The Morgan fingerprint density at radius 1 is 0.905 bits per heavy atom. The van der Waals surface area contributed by atoms with Gasteiger partial charge >= 0.3 is 0 Å². The predicted molar refractivity (Wildman–Crippen MR) is 173 cm³/mol. The number of rotatable bonds is 9. The number of methoxy groups -OCH3 is 2. The molecule has 2 heterocycles. The maximum absolute atomic E-state index is 13.8. The number of carbonyl (C=O) groups is 1. The molecular weight excluding hydrogens is 610 g/mol. The van der Waals surface area contributed by atoms with E-state index in [9.17, 15) is 4.79 Å². The number of thioether (sulfide) groups is 1. The summed E-state index contributed by atoms with van der Waals surface area (Å²) in [4.78, 5) is 14.9. The Morgan fingerprint density at radius 3 is 2.26 bits per heavy atom. The summed E-state index contributed by atoms with van der Waals surface area (Å²) in [6.45, 7) is 0.753. The zero-order valence-corrected chi connectivity index (χ0v) is 25.8. The normalized spacial score (nSPS) is 14.7. The van der Waals surface area contributed by atoms with Gasteiger partial charge in [-0.1, -0.05) is 58.4 Å². The van der Waals surface area contributed by atoms with E-state index >= 15 is 0 Å². The molecule has 0 bridgehead atoms. The number of carbonyl (C=O) groups excluding carboxylic acids is 1. The second-order valence-electron chi connectivity index (χ2n) is 10.1. The average Bonchev–Trinajstić information content (AvgIpc) is 3.64. The lowest BCUT2D eigenvalue weighted by molar-refractivity contribution is -0.130. The summed E-state index contributed by atoms with van der Waals surface area (Å²) in [5.74, 6) is 1.81. The highest BCUT2D eigenvalue weighted by Crippen LogP contribution is 2.36. The third kappa shape index (κ3) is 5.96. The van der Waals surface area contributed by atoms with Gasteiger partial charge in [0.25, 0.3) is 5.91 Å². The number of amides is 1. The van der Waals surface area contributed by atoms with Crippen LogP contribution in [-0.2, 0) is 11.3 Å². The minimum absolute atomic E-state index is 0.0333. The van der Waals surface area contributed by atoms with Crippen LogP contribution in [0.4, 0.5) is 0 Å². The molecule has 4 aromatic carbocycles. The third-order valence-electron chi connectivity index (χ3n) is 7.46. The highest BCUT2D eigenvalue weighted by Gasteiger charge is 2.33. The van der Waals surface area contributed by atoms with Crippen molar-refractivity contribution in [2.45, 2.75) is 23.9 Å². The Kier molecular flexibility index (Phi) is 8.35. The maximum atomic E-state index is 13.8. The monoisotopic (exact) mass is 639 g/mol. The molecule has 42 heavy (non-hydrogen) atoms. The molecule has 0 fully saturated rings. The van der Waals surface area contributed by atoms with Crippen molar-refractivity contribution < 1.29 is 14.3 Å². The Bertz CT molecular complexity index is 1730. The van der Waals surface area contributed by atoms with Crippen LogP contribution in [0.1, 0.15) is 29.2 Å². The van der Waals surface area contributed by atoms with Crippen LogP contribution < -0.4 is 9.47 Å². The van der Waals surface area contributed by atoms with Gasteiger partial charge in [-0.25, -0.2) is 5.01 Å². The topological polar surface area (TPSA) is 56.1 Å². The lowest BCUT2D eigenvalue weighted by Gasteiger charge is -2.22. The highest BCUT2D eigenvalue weighted by molar-refractivity contribution is 9.10. The Labute approximate surface area is 258 Å². The van der Waals surface area contributed by atoms with Gasteiger partial charge in [0.1, 0.15) is 11.5 Å². The highest BCUT2D eigenvalue weighted by atomic mass is 79.9. The summed E-state index contributed by atoms with van der Waals surface area (Å²) in [5.41, 5.74) is 5.24. The van der Waals surface area contributed by atoms with E-state index in [0.29, 0.717) is 6.42 Å². The number of hydrogen-bond donors (Lipinski definition) is 0. The molecule has 1 amide bonds. The Morgan fingerprint density at radius 2 is 1.57 bits per heavy atom. The van der Waals surface area contributed by atoms with Crippen LogP contribution in [0.5, 0.6) is 11.5 Å². The van der Waals surface area contributed by atoms with E-state index in [0.717, 1.165) is 55.2 Å². The largest absolute Gasteiger partial charge is 0.497 e. The molecule has 5 aromatic rings. The standard InChI is InChI=1S/C34H30BrN3O3S/c1-40-27-15-9-24(10-16-27)30-19-32(25-11-17-28(41-2)18-12-25)38(36-30)34(39)22-42-33-21-37(31-6-4-3-5-29(31)33)20-23-7-13-26(35)14-8-23/h3-18,21,32H,19-20,22H2,1-2H3. The van der Waals surface area contributed by atoms with Gasteiger partial charge in [-0.2, -0.15) is 5.10 Å². The number of ether oxygens (including phenoxy) is 2. The molecule has 0 spiro atoms. The van der Waals surface area contributed by atoms with E-state index in [1.807, 2.05) is 54.6 Å². The molecular formula is C34H30BrN3O3S. The second-order valence-corrected chi connectivity index (χ2v) is 12.0. The first-order valence-electron chi connectivity index (χ1n) is 13.7. The number of para-hydroxylation sites is 1. The molecule has 1 aliphatic rings. The Hall–Kier alpha value is -4.01. The zero-order chi connectivity index (χ0) is 29.1. The summed E-state index contributed by atoms with van der Waals surface area (Å²) < 4.78 is 14.0. The fourth-order valence-electron chi connectivity index (χ4n) is 5.23. The zero-order valence-electron chi connectivity index (χ0n) is 23.4. The number of nitrogens with zero attached hydrogens (tertiary/aromatic N) is 3. The first kappa shape index (κ1) is 28.1. The lowest BCUT2D eigenvalue weighted by Crippen LogP contribution is -2.28. The fourth-order valence-corrected chi connectivity index (χ4v) is 6.44. The van der Waals surface area contributed by atoms with Crippen LogP contribution in [0.15, 0.2) is 118 Å². The molecule has 0 saturated heterocycles. The molecule has 1 aliphatic heterocycles. The molecule has 0 N–H and O–H groups in total. The predicted octanol–water partition coefficient (Wildman–Crippen LogP) is 7.94. The van der Waals surface area contributed by atoms with Crippen molar-refractivity contribution in [3.05, 3.63) is 124 Å². The SMILES string of the molecule is COc1ccc(C2=NN(C(=O)CSc3cn(Cc4ccc(Br)cc4)c4ccccc34)C(c3ccc(OC)cc3)C2)cc1. The van der Waals surface area contributed by atoms with E-state index < -0.39 is 0 Å². The van der Waals surface area contributed by atoms with Gasteiger partial charge in [0.05, 0.1) is 31.7 Å². The second kappa shape index (κ2) is 12.5. The van der Waals surface area contributed by atoms with Crippen LogP contribution in [-0.4, -0.2) is 41.2 Å². The van der Waals surface area contributed by atoms with Crippen LogP contribution in [0.3, 0.4) is 0 Å². The van der Waals surface area contributed by atoms with Crippen molar-refractivity contribution in [1.82, 2.24) is 9.58 Å². The molecule has 1 aromatic heterocycles. The number of benzene rings is 4. The molecule has 8 heteroatoms. The van der Waals surface area contributed by atoms with Gasteiger partial charge in [0.2, 0.25) is 0 Å². The molecule has 0 saturated carbocycles. The van der Waals surface area contributed by atoms with E-state index in [2.05, 4.69) is 69.2 Å². The van der Waals surface area contributed by atoms with Gasteiger partial charge in [-0.3, -0.25) is 4.79 Å². The average molecular weight is 641 g/mol. The summed E-state index contributed by atoms with van der Waals surface area (Å²) in [6.07, 6.45) is 2.78. The van der Waals surface area contributed by atoms with Crippen LogP contribution in [0.2, 0.25) is 0 Å². The van der Waals surface area contributed by atoms with Gasteiger partial charge in [-0.15, -0.1) is 11.8 Å². The van der Waals surface area contributed by atoms with Gasteiger partial charge < -0.3 is 14.0 Å². The molecule has 0 radical (unpaired) electrons. The molecule has 0 aliphatic carbocycles. The minimum atomic E-state index is -0.195. The fraction of sp³-hybridized carbons (Fsp3) is 0.176. The number of halogens is 1. The number of fused-ring (bicyclic) bond motifs is 1. The molecule has 6 nitrogen and oxygen atoms in total. The smallest absolute Gasteiger partial charge is 0.253 e. The van der Waals surface area contributed by atoms with Crippen LogP contribution >= 0.6 is 27.7 Å². The van der Waals surface area contributed by atoms with Crippen LogP contribution in [0.25, 0.3) is 10.9 Å². The van der Waals surface area contributed by atoms with Gasteiger partial charge in [-0.05, 0) is 71.3 Å². The van der Waals surface area contributed by atoms with Crippen LogP contribution in [0, 0.1) is 0 Å². The van der Waals surface area contributed by atoms with Gasteiger partial charge in [0, 0.05) is 39.4 Å². The summed E-state index contributed by atoms with van der Waals surface area (Å²) >= 11 is 5.08. The molecule has 1 unspecified atom stereocenters. The number of hydrogen-bond acceptors (Lipinski definition) is 5. The van der Waals surface area contributed by atoms with E-state index in [1.165, 1.54) is 5.56 Å². The van der Waals surface area contributed by atoms with E-state index in [-0.39, 0.29) is 17.7 Å². The number of hydrazone groups is 1. The van der Waals surface area contributed by atoms with Crippen molar-refractivity contribution in [3.63, 3.8) is 0 Å². The summed E-state index contributed by atoms with van der Waals surface area (Å²) in [6, 6.07) is 32.2. The molecule has 1 atom stereocenters. The van der Waals surface area contributed by atoms with E-state index in [1.54, 1.807) is 31.0 Å². The molecule has 6 rings (SSSR count). The third-order valence-corrected chi connectivity index (χ3v) is 9.02. The number of aromatic nitrogens is 1. The van der Waals surface area contributed by atoms with Gasteiger partial charge in [0.15, 0.2) is 0 Å². The quantitative estimate of drug-likeness (QED) is 0.154. The first-order valence-corrected chi connectivity index (χ1v) is 15.4. The van der Waals surface area contributed by atoms with Crippen molar-refractivity contribution in [3.8, 4) is 11.5 Å². The van der Waals surface area contributed by atoms with Crippen molar-refractivity contribution in [2.75, 3.05) is 20.0 Å². The maximum Gasteiger partial charge on any atom is 0.253 e. The molecule has 212 valence electrons. The lowest BCUT2D eigenvalue weighted by atomic mass is 9.98. The van der Waals surface area contributed by atoms with Crippen molar-refractivity contribution >= 4 is 50.2 Å². The Balaban J connectivity index is 1.25. The van der Waals surface area contributed by atoms with Crippen molar-refractivity contribution in [2.24, 2.45) is 5.10 Å². The minimum Gasteiger partial charge on any atom is -0.497 e. The van der Waals surface area contributed by atoms with E-state index in [4.69, 9.17) is 14.6 Å². The summed E-state index contributed by atoms with van der Waals surface area (Å²) in [7, 11) is 3.30. The van der Waals surface area contributed by atoms with Crippen molar-refractivity contribution in [1.29, 1.82) is 0 Å². The summed E-state index contributed by atoms with van der Waals surface area (Å²) in [5, 5.41) is 7.67. The first-order chi connectivity index (χ1) is 20.5.